The van der Waals surface area contributed by atoms with Crippen molar-refractivity contribution in [2.45, 2.75) is 13.3 Å². The second-order valence-electron chi connectivity index (χ2n) is 13.3. The van der Waals surface area contributed by atoms with E-state index in [1.807, 2.05) is 59.2 Å². The molecule has 0 fully saturated rings. The number of imidazole rings is 1. The van der Waals surface area contributed by atoms with Gasteiger partial charge in [0.05, 0.1) is 16.6 Å². The summed E-state index contributed by atoms with van der Waals surface area (Å²) in [5.74, 6) is 1.05. The summed E-state index contributed by atoms with van der Waals surface area (Å²) < 4.78 is 4.12. The first-order valence-electron chi connectivity index (χ1n) is 17.8. The van der Waals surface area contributed by atoms with Gasteiger partial charge in [-0.2, -0.15) is 0 Å². The molecule has 10 rings (SSSR count). The van der Waals surface area contributed by atoms with Crippen LogP contribution in [-0.2, 0) is 6.42 Å². The van der Waals surface area contributed by atoms with Crippen molar-refractivity contribution in [3.8, 4) is 33.6 Å². The fourth-order valence-corrected chi connectivity index (χ4v) is 8.20. The van der Waals surface area contributed by atoms with Gasteiger partial charge in [-0.15, -0.1) is 0 Å². The molecule has 0 amide bonds. The van der Waals surface area contributed by atoms with Gasteiger partial charge < -0.3 is 0 Å². The molecule has 0 saturated heterocycles. The molecule has 246 valence electrons. The highest BCUT2D eigenvalue weighted by molar-refractivity contribution is 6.22. The Balaban J connectivity index is 1.21. The molecule has 0 aliphatic carbocycles. The van der Waals surface area contributed by atoms with E-state index in [0.717, 1.165) is 56.5 Å². The maximum Gasteiger partial charge on any atom is 0.263 e. The van der Waals surface area contributed by atoms with Crippen LogP contribution in [-0.4, -0.2) is 14.1 Å². The highest BCUT2D eigenvalue weighted by Gasteiger charge is 2.19. The third-order valence-corrected chi connectivity index (χ3v) is 10.5. The Morgan fingerprint density at radius 1 is 0.442 bits per heavy atom. The Kier molecular flexibility index (Phi) is 6.90. The predicted octanol–water partition coefficient (Wildman–Crippen LogP) is 11.7. The second-order valence-corrected chi connectivity index (χ2v) is 13.3. The maximum absolute atomic E-state index is 14.0. The molecule has 0 aliphatic heterocycles. The lowest BCUT2D eigenvalue weighted by molar-refractivity contribution is 0.908. The number of benzene rings is 8. The molecule has 2 aromatic heterocycles. The summed E-state index contributed by atoms with van der Waals surface area (Å²) in [6.45, 7) is 2.16. The van der Waals surface area contributed by atoms with Gasteiger partial charge in [0.15, 0.2) is 0 Å². The standard InChI is InChI=1S/C48H33N3O/c1-2-45-49-42-22-12-13-23-44(42)50(45)34-27-24-31(25-28-34)46-36-17-7-9-19-38(36)47(39-20-10-8-18-37(39)46)32-26-29-43-41(30-32)35-16-6-11-21-40(35)48(52)51(43)33-14-4-3-5-15-33/h3-30H,2H2,1H3. The lowest BCUT2D eigenvalue weighted by atomic mass is 9.85. The zero-order valence-corrected chi connectivity index (χ0v) is 28.6. The molecule has 0 unspecified atom stereocenters. The van der Waals surface area contributed by atoms with Crippen molar-refractivity contribution in [2.75, 3.05) is 0 Å². The van der Waals surface area contributed by atoms with Crippen LogP contribution in [0.15, 0.2) is 175 Å². The van der Waals surface area contributed by atoms with Crippen molar-refractivity contribution in [3.63, 3.8) is 0 Å². The molecule has 52 heavy (non-hydrogen) atoms. The largest absolute Gasteiger partial charge is 0.296 e. The number of pyridine rings is 1. The van der Waals surface area contributed by atoms with E-state index in [2.05, 4.69) is 127 Å². The molecule has 2 heterocycles. The average Bonchev–Trinajstić information content (AvgIpc) is 3.59. The molecule has 0 spiro atoms. The molecule has 0 bridgehead atoms. The molecular weight excluding hydrogens is 635 g/mol. The van der Waals surface area contributed by atoms with E-state index in [1.165, 1.54) is 38.2 Å². The Labute approximate surface area is 300 Å². The van der Waals surface area contributed by atoms with E-state index in [0.29, 0.717) is 5.39 Å². The average molecular weight is 668 g/mol. The molecule has 8 aromatic carbocycles. The van der Waals surface area contributed by atoms with Crippen molar-refractivity contribution >= 4 is 54.3 Å². The van der Waals surface area contributed by atoms with Crippen molar-refractivity contribution in [1.82, 2.24) is 14.1 Å². The summed E-state index contributed by atoms with van der Waals surface area (Å²) in [5, 5.41) is 7.49. The smallest absolute Gasteiger partial charge is 0.263 e. The summed E-state index contributed by atoms with van der Waals surface area (Å²) in [6, 6.07) is 59.3. The van der Waals surface area contributed by atoms with Gasteiger partial charge >= 0.3 is 0 Å². The highest BCUT2D eigenvalue weighted by Crippen LogP contribution is 2.44. The van der Waals surface area contributed by atoms with Crippen LogP contribution in [0, 0.1) is 0 Å². The first kappa shape index (κ1) is 30.1. The summed E-state index contributed by atoms with van der Waals surface area (Å²) >= 11 is 0. The number of aromatic nitrogens is 3. The van der Waals surface area contributed by atoms with Crippen LogP contribution in [0.2, 0.25) is 0 Å². The van der Waals surface area contributed by atoms with Crippen LogP contribution < -0.4 is 5.56 Å². The van der Waals surface area contributed by atoms with Gasteiger partial charge in [-0.1, -0.05) is 122 Å². The lowest BCUT2D eigenvalue weighted by Crippen LogP contribution is -2.19. The quantitative estimate of drug-likeness (QED) is 0.135. The number of hydrogen-bond donors (Lipinski definition) is 0. The number of rotatable bonds is 5. The predicted molar refractivity (Wildman–Crippen MR) is 217 cm³/mol. The second kappa shape index (κ2) is 11.9. The number of nitrogens with zero attached hydrogens (tertiary/aromatic N) is 3. The van der Waals surface area contributed by atoms with Gasteiger partial charge in [-0.3, -0.25) is 13.9 Å². The van der Waals surface area contributed by atoms with E-state index in [4.69, 9.17) is 4.98 Å². The third-order valence-electron chi connectivity index (χ3n) is 10.5. The Bertz CT molecular complexity index is 3010. The van der Waals surface area contributed by atoms with Crippen molar-refractivity contribution in [2.24, 2.45) is 0 Å². The minimum absolute atomic E-state index is 0.0135. The first-order valence-corrected chi connectivity index (χ1v) is 17.8. The van der Waals surface area contributed by atoms with Gasteiger partial charge in [-0.05, 0) is 104 Å². The van der Waals surface area contributed by atoms with Crippen molar-refractivity contribution < 1.29 is 0 Å². The van der Waals surface area contributed by atoms with E-state index in [9.17, 15) is 4.79 Å². The summed E-state index contributed by atoms with van der Waals surface area (Å²) in [5.41, 5.74) is 9.67. The number of aryl methyl sites for hydroxylation is 1. The molecule has 4 heteroatoms. The monoisotopic (exact) mass is 667 g/mol. The van der Waals surface area contributed by atoms with Gasteiger partial charge in [0.25, 0.3) is 5.56 Å². The highest BCUT2D eigenvalue weighted by atomic mass is 16.1. The summed E-state index contributed by atoms with van der Waals surface area (Å²) in [6.07, 6.45) is 0.849. The number of para-hydroxylation sites is 3. The number of fused-ring (bicyclic) bond motifs is 6. The van der Waals surface area contributed by atoms with Crippen LogP contribution >= 0.6 is 0 Å². The fraction of sp³-hybridized carbons (Fsp3) is 0.0417. The minimum atomic E-state index is -0.0135. The minimum Gasteiger partial charge on any atom is -0.296 e. The number of hydrogen-bond acceptors (Lipinski definition) is 2. The van der Waals surface area contributed by atoms with Gasteiger partial charge in [0.2, 0.25) is 0 Å². The van der Waals surface area contributed by atoms with E-state index < -0.39 is 0 Å². The van der Waals surface area contributed by atoms with Gasteiger partial charge in [0, 0.05) is 28.6 Å². The van der Waals surface area contributed by atoms with Crippen molar-refractivity contribution in [3.05, 3.63) is 186 Å². The van der Waals surface area contributed by atoms with Crippen LogP contribution in [0.5, 0.6) is 0 Å². The van der Waals surface area contributed by atoms with E-state index in [-0.39, 0.29) is 5.56 Å². The zero-order valence-electron chi connectivity index (χ0n) is 28.6. The fourth-order valence-electron chi connectivity index (χ4n) is 8.20. The summed E-state index contributed by atoms with van der Waals surface area (Å²) in [4.78, 5) is 18.9. The Morgan fingerprint density at radius 3 is 1.62 bits per heavy atom. The van der Waals surface area contributed by atoms with E-state index in [1.54, 1.807) is 0 Å². The van der Waals surface area contributed by atoms with Crippen LogP contribution in [0.1, 0.15) is 12.7 Å². The molecule has 4 nitrogen and oxygen atoms in total. The van der Waals surface area contributed by atoms with Gasteiger partial charge in [-0.25, -0.2) is 4.98 Å². The summed E-state index contributed by atoms with van der Waals surface area (Å²) in [7, 11) is 0. The Morgan fingerprint density at radius 2 is 0.962 bits per heavy atom. The van der Waals surface area contributed by atoms with Crippen molar-refractivity contribution in [1.29, 1.82) is 0 Å². The topological polar surface area (TPSA) is 39.8 Å². The molecule has 0 atom stereocenters. The third kappa shape index (κ3) is 4.54. The van der Waals surface area contributed by atoms with Crippen LogP contribution in [0.4, 0.5) is 0 Å². The maximum atomic E-state index is 14.0. The zero-order chi connectivity index (χ0) is 34.8. The van der Waals surface area contributed by atoms with Crippen LogP contribution in [0.3, 0.4) is 0 Å². The molecule has 0 saturated carbocycles. The first-order chi connectivity index (χ1) is 25.7. The molecule has 0 aliphatic rings. The normalized spacial score (nSPS) is 11.7. The molecular formula is C48H33N3O. The molecule has 0 radical (unpaired) electrons. The van der Waals surface area contributed by atoms with Gasteiger partial charge in [0.1, 0.15) is 5.82 Å². The van der Waals surface area contributed by atoms with E-state index >= 15 is 0 Å². The molecule has 0 N–H and O–H groups in total. The SMILES string of the molecule is CCc1nc2ccccc2n1-c1ccc(-c2c3ccccc3c(-c3ccc4c(c3)c3ccccc3c(=O)n4-c3ccccc3)c3ccccc23)cc1. The lowest BCUT2D eigenvalue weighted by Gasteiger charge is -2.19. The molecule has 10 aromatic rings. The Hall–Kier alpha value is -6.78. The van der Waals surface area contributed by atoms with Crippen LogP contribution in [0.25, 0.3) is 87.9 Å².